The van der Waals surface area contributed by atoms with Gasteiger partial charge in [-0.15, -0.1) is 0 Å². The zero-order valence-electron chi connectivity index (χ0n) is 18.4. The van der Waals surface area contributed by atoms with E-state index in [9.17, 15) is 9.59 Å². The third kappa shape index (κ3) is 3.75. The number of nitrogens with one attached hydrogen (secondary N) is 2. The number of hydrogen-bond donors (Lipinski definition) is 2. The molecule has 0 saturated heterocycles. The molecule has 7 nitrogen and oxygen atoms in total. The molecule has 7 heteroatoms. The van der Waals surface area contributed by atoms with Crippen molar-refractivity contribution in [1.29, 1.82) is 0 Å². The quantitative estimate of drug-likeness (QED) is 0.587. The molecular weight excluding hydrogens is 420 g/mol. The summed E-state index contributed by atoms with van der Waals surface area (Å²) in [6.07, 6.45) is 1.55. The summed E-state index contributed by atoms with van der Waals surface area (Å²) in [4.78, 5) is 25.4. The predicted octanol–water partition coefficient (Wildman–Crippen LogP) is 4.37. The first-order valence-electron chi connectivity index (χ1n) is 10.8. The van der Waals surface area contributed by atoms with E-state index in [2.05, 4.69) is 10.6 Å². The van der Waals surface area contributed by atoms with Crippen molar-refractivity contribution >= 4 is 17.5 Å². The van der Waals surface area contributed by atoms with Crippen molar-refractivity contribution in [3.8, 4) is 28.4 Å². The van der Waals surface area contributed by atoms with Crippen LogP contribution in [0.5, 0.6) is 17.2 Å². The number of benzene rings is 3. The van der Waals surface area contributed by atoms with E-state index in [-0.39, 0.29) is 20.0 Å². The average Bonchev–Trinajstić information content (AvgIpc) is 3.54. The summed E-state index contributed by atoms with van der Waals surface area (Å²) in [5.41, 5.74) is 3.17. The van der Waals surface area contributed by atoms with Crippen LogP contribution in [0.4, 0.5) is 5.69 Å². The number of hydrogen-bond acceptors (Lipinski definition) is 5. The molecule has 5 rings (SSSR count). The van der Waals surface area contributed by atoms with E-state index in [4.69, 9.17) is 14.2 Å². The van der Waals surface area contributed by atoms with Gasteiger partial charge >= 0.3 is 0 Å². The Hall–Kier alpha value is -4.00. The van der Waals surface area contributed by atoms with Crippen molar-refractivity contribution < 1.29 is 25.2 Å². The maximum atomic E-state index is 13.3. The molecule has 2 amide bonds. The number of ether oxygens (including phenoxy) is 3. The summed E-state index contributed by atoms with van der Waals surface area (Å²) in [6.45, 7) is 0.202. The van der Waals surface area contributed by atoms with Gasteiger partial charge in [0.15, 0.2) is 11.5 Å². The Labute approximate surface area is 193 Å². The topological polar surface area (TPSA) is 85.9 Å². The highest BCUT2D eigenvalue weighted by molar-refractivity contribution is 6.02. The lowest BCUT2D eigenvalue weighted by atomic mass is 9.94. The molecule has 33 heavy (non-hydrogen) atoms. The van der Waals surface area contributed by atoms with Gasteiger partial charge in [0.25, 0.3) is 5.91 Å². The minimum Gasteiger partial charge on any atom is -0.496 e. The summed E-state index contributed by atoms with van der Waals surface area (Å²) in [6, 6.07) is 18.5. The van der Waals surface area contributed by atoms with Crippen molar-refractivity contribution in [2.24, 2.45) is 0 Å². The molecule has 0 bridgehead atoms. The summed E-state index contributed by atoms with van der Waals surface area (Å²) in [7, 11) is 3.19. The standard InChI is InChI=1S/C26H24N2O5.H2/c1-27-24(29)17-5-3-4-16(12-17)20-14-19(7-9-21(20)31-2)28-25(30)26(10-11-26)18-6-8-22-23(13-18)33-15-32-22;/h3-9,12-14H,10-11,15H2,1-2H3,(H,27,29)(H,28,30);1H. The van der Waals surface area contributed by atoms with Crippen molar-refractivity contribution in [3.05, 3.63) is 71.8 Å². The van der Waals surface area contributed by atoms with E-state index in [1.54, 1.807) is 26.3 Å². The number of rotatable bonds is 6. The van der Waals surface area contributed by atoms with Crippen LogP contribution in [0.3, 0.4) is 0 Å². The molecule has 2 aliphatic rings. The lowest BCUT2D eigenvalue weighted by Gasteiger charge is -2.18. The highest BCUT2D eigenvalue weighted by Gasteiger charge is 2.51. The fourth-order valence-corrected chi connectivity index (χ4v) is 4.20. The van der Waals surface area contributed by atoms with E-state index in [0.717, 1.165) is 29.5 Å². The molecule has 0 radical (unpaired) electrons. The molecule has 0 unspecified atom stereocenters. The smallest absolute Gasteiger partial charge is 0.251 e. The minimum atomic E-state index is -0.569. The molecule has 0 spiro atoms. The Bertz CT molecular complexity index is 1260. The molecule has 1 fully saturated rings. The van der Waals surface area contributed by atoms with E-state index < -0.39 is 5.41 Å². The van der Waals surface area contributed by atoms with Gasteiger partial charge in [0, 0.05) is 25.3 Å². The number of carbonyl (C=O) groups excluding carboxylic acids is 2. The number of amides is 2. The van der Waals surface area contributed by atoms with E-state index in [1.165, 1.54) is 0 Å². The third-order valence-corrected chi connectivity index (χ3v) is 6.23. The Morgan fingerprint density at radius 1 is 1.00 bits per heavy atom. The van der Waals surface area contributed by atoms with Gasteiger partial charge in [-0.1, -0.05) is 18.2 Å². The van der Waals surface area contributed by atoms with Gasteiger partial charge in [-0.25, -0.2) is 0 Å². The summed E-state index contributed by atoms with van der Waals surface area (Å²) >= 11 is 0. The lowest BCUT2D eigenvalue weighted by Crippen LogP contribution is -2.27. The zero-order valence-corrected chi connectivity index (χ0v) is 18.4. The van der Waals surface area contributed by atoms with Crippen molar-refractivity contribution in [2.45, 2.75) is 18.3 Å². The molecular formula is C26H26N2O5. The van der Waals surface area contributed by atoms with Gasteiger partial charge in [0.05, 0.1) is 12.5 Å². The molecule has 1 aliphatic carbocycles. The maximum absolute atomic E-state index is 13.3. The third-order valence-electron chi connectivity index (χ3n) is 6.23. The zero-order chi connectivity index (χ0) is 23.0. The number of anilines is 1. The van der Waals surface area contributed by atoms with Gasteiger partial charge in [0.2, 0.25) is 12.7 Å². The second kappa shape index (κ2) is 8.16. The molecule has 1 saturated carbocycles. The van der Waals surface area contributed by atoms with Crippen molar-refractivity contribution in [3.63, 3.8) is 0 Å². The summed E-state index contributed by atoms with van der Waals surface area (Å²) in [5.74, 6) is 1.80. The highest BCUT2D eigenvalue weighted by Crippen LogP contribution is 2.51. The Kier molecular flexibility index (Phi) is 5.17. The van der Waals surface area contributed by atoms with Crippen LogP contribution in [-0.2, 0) is 10.2 Å². The predicted molar refractivity (Wildman–Crippen MR) is 126 cm³/mol. The van der Waals surface area contributed by atoms with Gasteiger partial charge in [0.1, 0.15) is 5.75 Å². The van der Waals surface area contributed by atoms with Gasteiger partial charge in [-0.05, 0) is 66.4 Å². The van der Waals surface area contributed by atoms with Crippen LogP contribution in [0, 0.1) is 0 Å². The van der Waals surface area contributed by atoms with E-state index in [0.29, 0.717) is 28.5 Å². The van der Waals surface area contributed by atoms with Crippen LogP contribution < -0.4 is 24.8 Å². The molecule has 2 N–H and O–H groups in total. The van der Waals surface area contributed by atoms with Crippen LogP contribution in [-0.4, -0.2) is 32.8 Å². The fourth-order valence-electron chi connectivity index (χ4n) is 4.20. The summed E-state index contributed by atoms with van der Waals surface area (Å²) < 4.78 is 16.4. The van der Waals surface area contributed by atoms with Gasteiger partial charge in [-0.2, -0.15) is 0 Å². The maximum Gasteiger partial charge on any atom is 0.251 e. The molecule has 3 aromatic rings. The van der Waals surface area contributed by atoms with E-state index in [1.807, 2.05) is 48.5 Å². The molecule has 0 aromatic heterocycles. The van der Waals surface area contributed by atoms with Crippen molar-refractivity contribution in [2.75, 3.05) is 26.3 Å². The Balaban J connectivity index is 0.00000274. The Morgan fingerprint density at radius 2 is 1.82 bits per heavy atom. The summed E-state index contributed by atoms with van der Waals surface area (Å²) in [5, 5.41) is 5.71. The first-order chi connectivity index (χ1) is 16.0. The first kappa shape index (κ1) is 20.9. The van der Waals surface area contributed by atoms with Crippen LogP contribution in [0.25, 0.3) is 11.1 Å². The molecule has 1 heterocycles. The number of methoxy groups -OCH3 is 1. The first-order valence-corrected chi connectivity index (χ1v) is 10.8. The molecule has 0 atom stereocenters. The number of fused-ring (bicyclic) bond motifs is 1. The van der Waals surface area contributed by atoms with Crippen LogP contribution in [0.2, 0.25) is 0 Å². The number of carbonyl (C=O) groups is 2. The highest BCUT2D eigenvalue weighted by atomic mass is 16.7. The van der Waals surface area contributed by atoms with Crippen LogP contribution >= 0.6 is 0 Å². The SMILES string of the molecule is CNC(=O)c1cccc(-c2cc(NC(=O)C3(c4ccc5c(c4)OCO5)CC3)ccc2OC)c1.[HH]. The fraction of sp³-hybridized carbons (Fsp3) is 0.231. The van der Waals surface area contributed by atoms with Crippen LogP contribution in [0.15, 0.2) is 60.7 Å². The average molecular weight is 447 g/mol. The second-order valence-corrected chi connectivity index (χ2v) is 8.18. The van der Waals surface area contributed by atoms with Crippen LogP contribution in [0.1, 0.15) is 30.2 Å². The molecule has 1 aliphatic heterocycles. The van der Waals surface area contributed by atoms with Crippen molar-refractivity contribution in [1.82, 2.24) is 5.32 Å². The normalized spacial score (nSPS) is 15.0. The molecule has 3 aromatic carbocycles. The second-order valence-electron chi connectivity index (χ2n) is 8.18. The van der Waals surface area contributed by atoms with Gasteiger partial charge < -0.3 is 24.8 Å². The monoisotopic (exact) mass is 446 g/mol. The van der Waals surface area contributed by atoms with Gasteiger partial charge in [-0.3, -0.25) is 9.59 Å². The largest absolute Gasteiger partial charge is 0.496 e. The lowest BCUT2D eigenvalue weighted by molar-refractivity contribution is -0.118. The van der Waals surface area contributed by atoms with E-state index >= 15 is 0 Å². The molecule has 170 valence electrons. The minimum absolute atomic E-state index is 0. The Morgan fingerprint density at radius 3 is 2.58 bits per heavy atom.